The zero-order chi connectivity index (χ0) is 20.2. The first kappa shape index (κ1) is 20.1. The average Bonchev–Trinajstić information content (AvgIpc) is 2.74. The molecule has 0 nitrogen and oxygen atoms in total. The minimum absolute atomic E-state index is 0.265. The largest absolute Gasteiger partial charge is 0.207 e. The monoisotopic (exact) mass is 392 g/mol. The van der Waals surface area contributed by atoms with Crippen molar-refractivity contribution in [3.8, 4) is 11.1 Å². The molecular weight excluding hydrogens is 362 g/mol. The number of benzene rings is 3. The van der Waals surface area contributed by atoms with Gasteiger partial charge in [-0.3, -0.25) is 0 Å². The van der Waals surface area contributed by atoms with Crippen LogP contribution >= 0.6 is 0 Å². The summed E-state index contributed by atoms with van der Waals surface area (Å²) >= 11 is 0. The van der Waals surface area contributed by atoms with E-state index in [1.54, 1.807) is 18.2 Å². The number of hydrogen-bond donors (Lipinski definition) is 0. The van der Waals surface area contributed by atoms with Crippen molar-refractivity contribution in [1.29, 1.82) is 0 Å². The molecule has 0 unspecified atom stereocenters. The van der Waals surface area contributed by atoms with Crippen molar-refractivity contribution in [2.24, 2.45) is 5.92 Å². The second-order valence-corrected chi connectivity index (χ2v) is 8.63. The van der Waals surface area contributed by atoms with Crippen molar-refractivity contribution in [2.45, 2.75) is 64.2 Å². The molecule has 0 spiro atoms. The molecule has 0 bridgehead atoms. The van der Waals surface area contributed by atoms with E-state index < -0.39 is 0 Å². The lowest BCUT2D eigenvalue weighted by Crippen LogP contribution is -2.13. The number of rotatable bonds is 6. The van der Waals surface area contributed by atoms with Gasteiger partial charge in [-0.1, -0.05) is 75.1 Å². The van der Waals surface area contributed by atoms with Gasteiger partial charge in [-0.05, 0) is 66.2 Å². The van der Waals surface area contributed by atoms with Gasteiger partial charge in [-0.2, -0.15) is 0 Å². The zero-order valence-electron chi connectivity index (χ0n) is 17.3. The molecule has 0 saturated heterocycles. The van der Waals surface area contributed by atoms with Gasteiger partial charge < -0.3 is 0 Å². The van der Waals surface area contributed by atoms with Crippen molar-refractivity contribution < 1.29 is 8.78 Å². The Morgan fingerprint density at radius 1 is 0.862 bits per heavy atom. The van der Waals surface area contributed by atoms with E-state index >= 15 is 4.39 Å². The fourth-order valence-corrected chi connectivity index (χ4v) is 4.91. The van der Waals surface area contributed by atoms with Crippen molar-refractivity contribution in [1.82, 2.24) is 0 Å². The maximum atomic E-state index is 15.1. The zero-order valence-corrected chi connectivity index (χ0v) is 17.3. The van der Waals surface area contributed by atoms with Crippen molar-refractivity contribution in [3.63, 3.8) is 0 Å². The van der Waals surface area contributed by atoms with Gasteiger partial charge in [0.05, 0.1) is 0 Å². The molecule has 4 rings (SSSR count). The first-order valence-corrected chi connectivity index (χ1v) is 11.1. The van der Waals surface area contributed by atoms with Gasteiger partial charge in [0, 0.05) is 10.9 Å². The van der Waals surface area contributed by atoms with E-state index in [1.165, 1.54) is 69.1 Å². The first-order chi connectivity index (χ1) is 14.2. The van der Waals surface area contributed by atoms with Gasteiger partial charge in [0.2, 0.25) is 0 Å². The predicted octanol–water partition coefficient (Wildman–Crippen LogP) is 8.64. The highest BCUT2D eigenvalue weighted by Crippen LogP contribution is 2.39. The third-order valence-electron chi connectivity index (χ3n) is 6.65. The van der Waals surface area contributed by atoms with Gasteiger partial charge >= 0.3 is 0 Å². The molecule has 29 heavy (non-hydrogen) atoms. The van der Waals surface area contributed by atoms with Crippen LogP contribution in [0.15, 0.2) is 54.6 Å². The third-order valence-corrected chi connectivity index (χ3v) is 6.65. The van der Waals surface area contributed by atoms with Crippen LogP contribution in [0.4, 0.5) is 8.78 Å². The molecule has 1 aliphatic carbocycles. The SMILES string of the molecule is CCCCC[C@H]1CC[C@H](c2ccc3c(F)c(-c4cccc(F)c4)ccc3c2)CC1. The molecule has 3 aromatic carbocycles. The lowest BCUT2D eigenvalue weighted by atomic mass is 9.76. The average molecular weight is 393 g/mol. The van der Waals surface area contributed by atoms with Crippen LogP contribution in [0.5, 0.6) is 0 Å². The summed E-state index contributed by atoms with van der Waals surface area (Å²) in [5.74, 6) is 0.874. The van der Waals surface area contributed by atoms with E-state index in [0.29, 0.717) is 22.4 Å². The van der Waals surface area contributed by atoms with E-state index in [4.69, 9.17) is 0 Å². The molecule has 2 heteroatoms. The third kappa shape index (κ3) is 4.52. The quantitative estimate of drug-likeness (QED) is 0.368. The van der Waals surface area contributed by atoms with Crippen LogP contribution in [-0.2, 0) is 0 Å². The summed E-state index contributed by atoms with van der Waals surface area (Å²) in [6.45, 7) is 2.26. The maximum absolute atomic E-state index is 15.1. The highest BCUT2D eigenvalue weighted by atomic mass is 19.1. The molecule has 0 radical (unpaired) electrons. The summed E-state index contributed by atoms with van der Waals surface area (Å²) in [7, 11) is 0. The molecule has 152 valence electrons. The Labute approximate surface area is 173 Å². The minimum atomic E-state index is -0.345. The van der Waals surface area contributed by atoms with Crippen LogP contribution in [0.2, 0.25) is 0 Å². The van der Waals surface area contributed by atoms with Crippen LogP contribution in [-0.4, -0.2) is 0 Å². The van der Waals surface area contributed by atoms with Gasteiger partial charge in [0.1, 0.15) is 11.6 Å². The molecular formula is C27H30F2. The van der Waals surface area contributed by atoms with Crippen molar-refractivity contribution >= 4 is 10.8 Å². The standard InChI is InChI=1S/C27H30F2/c1-2-3-4-6-19-9-11-20(12-10-19)21-13-15-26-23(17-21)14-16-25(27(26)29)22-7-5-8-24(28)18-22/h5,7-8,13-20H,2-4,6,9-12H2,1H3/t19-,20-. The Hall–Kier alpha value is -2.22. The topological polar surface area (TPSA) is 0 Å². The number of fused-ring (bicyclic) bond motifs is 1. The van der Waals surface area contributed by atoms with E-state index in [2.05, 4.69) is 19.1 Å². The molecule has 0 N–H and O–H groups in total. The second-order valence-electron chi connectivity index (χ2n) is 8.63. The molecule has 0 amide bonds. The van der Waals surface area contributed by atoms with Crippen molar-refractivity contribution in [2.75, 3.05) is 0 Å². The van der Waals surface area contributed by atoms with Crippen LogP contribution in [0.1, 0.15) is 69.8 Å². The fourth-order valence-electron chi connectivity index (χ4n) is 4.91. The molecule has 0 heterocycles. The molecule has 0 aromatic heterocycles. The summed E-state index contributed by atoms with van der Waals surface area (Å²) in [4.78, 5) is 0. The Morgan fingerprint density at radius 3 is 2.45 bits per heavy atom. The number of halogens is 2. The minimum Gasteiger partial charge on any atom is -0.207 e. The van der Waals surface area contributed by atoms with Gasteiger partial charge in [0.15, 0.2) is 0 Å². The molecule has 1 fully saturated rings. The fraction of sp³-hybridized carbons (Fsp3) is 0.407. The smallest absolute Gasteiger partial charge is 0.138 e. The maximum Gasteiger partial charge on any atom is 0.138 e. The summed E-state index contributed by atoms with van der Waals surface area (Å²) in [5, 5.41) is 1.55. The highest BCUT2D eigenvalue weighted by Gasteiger charge is 2.22. The molecule has 3 aromatic rings. The van der Waals surface area contributed by atoms with Crippen LogP contribution in [0.25, 0.3) is 21.9 Å². The Morgan fingerprint density at radius 2 is 1.69 bits per heavy atom. The van der Waals surface area contributed by atoms with E-state index in [-0.39, 0.29) is 11.6 Å². The lowest BCUT2D eigenvalue weighted by molar-refractivity contribution is 0.303. The van der Waals surface area contributed by atoms with Crippen molar-refractivity contribution in [3.05, 3.63) is 71.8 Å². The second kappa shape index (κ2) is 9.07. The first-order valence-electron chi connectivity index (χ1n) is 11.1. The Kier molecular flexibility index (Phi) is 6.28. The Bertz CT molecular complexity index is 967. The highest BCUT2D eigenvalue weighted by molar-refractivity contribution is 5.88. The van der Waals surface area contributed by atoms with E-state index in [0.717, 1.165) is 11.3 Å². The summed E-state index contributed by atoms with van der Waals surface area (Å²) in [6, 6.07) is 16.1. The number of hydrogen-bond acceptors (Lipinski definition) is 0. The van der Waals surface area contributed by atoms with Gasteiger partial charge in [0.25, 0.3) is 0 Å². The summed E-state index contributed by atoms with van der Waals surface area (Å²) in [5.41, 5.74) is 2.37. The van der Waals surface area contributed by atoms with E-state index in [9.17, 15) is 4.39 Å². The normalized spacial score (nSPS) is 19.6. The van der Waals surface area contributed by atoms with Crippen LogP contribution < -0.4 is 0 Å². The van der Waals surface area contributed by atoms with Crippen LogP contribution in [0.3, 0.4) is 0 Å². The Balaban J connectivity index is 1.51. The number of unbranched alkanes of at least 4 members (excludes halogenated alkanes) is 2. The summed E-state index contributed by atoms with van der Waals surface area (Å²) in [6.07, 6.45) is 10.5. The molecule has 1 aliphatic rings. The molecule has 0 atom stereocenters. The summed E-state index contributed by atoms with van der Waals surface area (Å²) < 4.78 is 28.7. The van der Waals surface area contributed by atoms with Gasteiger partial charge in [-0.15, -0.1) is 0 Å². The molecule has 0 aliphatic heterocycles. The lowest BCUT2D eigenvalue weighted by Gasteiger charge is -2.29. The predicted molar refractivity (Wildman–Crippen MR) is 118 cm³/mol. The van der Waals surface area contributed by atoms with Crippen LogP contribution in [0, 0.1) is 17.6 Å². The van der Waals surface area contributed by atoms with E-state index in [1.807, 2.05) is 12.1 Å². The molecule has 1 saturated carbocycles. The van der Waals surface area contributed by atoms with Gasteiger partial charge in [-0.25, -0.2) is 8.78 Å².